The first-order valence-electron chi connectivity index (χ1n) is 6.75. The Morgan fingerprint density at radius 3 is 2.68 bits per heavy atom. The molecule has 1 N–H and O–H groups in total. The smallest absolute Gasteiger partial charge is 0.251 e. The lowest BCUT2D eigenvalue weighted by Crippen LogP contribution is -2.64. The van der Waals surface area contributed by atoms with Crippen LogP contribution in [-0.4, -0.2) is 33.7 Å². The summed E-state index contributed by atoms with van der Waals surface area (Å²) >= 11 is 0. The zero-order valence-corrected chi connectivity index (χ0v) is 11.2. The van der Waals surface area contributed by atoms with E-state index in [1.807, 2.05) is 6.92 Å². The minimum atomic E-state index is -0.447. The molecular weight excluding hydrogens is 244 g/mol. The van der Waals surface area contributed by atoms with E-state index in [9.17, 15) is 9.59 Å². The highest BCUT2D eigenvalue weighted by molar-refractivity contribution is 6.08. The highest BCUT2D eigenvalue weighted by atomic mass is 16.2. The van der Waals surface area contributed by atoms with Crippen molar-refractivity contribution in [1.82, 2.24) is 15.1 Å². The van der Waals surface area contributed by atoms with Crippen LogP contribution in [0.5, 0.6) is 0 Å². The number of aryl methyl sites for hydroxylation is 1. The molecule has 6 nitrogen and oxygen atoms in total. The van der Waals surface area contributed by atoms with Gasteiger partial charge >= 0.3 is 0 Å². The van der Waals surface area contributed by atoms with E-state index in [1.54, 1.807) is 28.9 Å². The average Bonchev–Trinajstić information content (AvgIpc) is 3.14. The van der Waals surface area contributed by atoms with Crippen LogP contribution in [0.25, 0.3) is 0 Å². The van der Waals surface area contributed by atoms with E-state index >= 15 is 0 Å². The summed E-state index contributed by atoms with van der Waals surface area (Å²) in [6.07, 6.45) is 4.41. The number of piperazine rings is 1. The fraction of sp³-hybridized carbons (Fsp3) is 0.615. The van der Waals surface area contributed by atoms with Crippen molar-refractivity contribution in [2.75, 3.05) is 4.90 Å². The van der Waals surface area contributed by atoms with Crippen molar-refractivity contribution in [1.29, 1.82) is 0 Å². The van der Waals surface area contributed by atoms with Gasteiger partial charge in [0, 0.05) is 19.3 Å². The lowest BCUT2D eigenvalue weighted by Gasteiger charge is -2.37. The van der Waals surface area contributed by atoms with Crippen molar-refractivity contribution in [2.45, 2.75) is 38.3 Å². The highest BCUT2D eigenvalue weighted by Crippen LogP contribution is 2.36. The van der Waals surface area contributed by atoms with Crippen LogP contribution in [0.15, 0.2) is 12.3 Å². The Morgan fingerprint density at radius 1 is 1.42 bits per heavy atom. The fourth-order valence-corrected chi connectivity index (χ4v) is 2.65. The second-order valence-corrected chi connectivity index (χ2v) is 5.30. The Bertz CT molecular complexity index is 520. The van der Waals surface area contributed by atoms with Crippen LogP contribution in [0.2, 0.25) is 0 Å². The van der Waals surface area contributed by atoms with Crippen LogP contribution in [0.4, 0.5) is 5.82 Å². The van der Waals surface area contributed by atoms with E-state index in [0.29, 0.717) is 18.2 Å². The number of nitrogens with one attached hydrogen (secondary N) is 1. The number of rotatable bonds is 3. The van der Waals surface area contributed by atoms with Crippen molar-refractivity contribution < 1.29 is 9.59 Å². The van der Waals surface area contributed by atoms with Crippen LogP contribution >= 0.6 is 0 Å². The quantitative estimate of drug-likeness (QED) is 0.859. The first kappa shape index (κ1) is 12.2. The third-order valence-corrected chi connectivity index (χ3v) is 3.84. The summed E-state index contributed by atoms with van der Waals surface area (Å²) in [6.45, 7) is 1.91. The van der Waals surface area contributed by atoms with Gasteiger partial charge in [0.2, 0.25) is 5.91 Å². The van der Waals surface area contributed by atoms with Gasteiger partial charge in [-0.3, -0.25) is 19.2 Å². The minimum Gasteiger partial charge on any atom is -0.342 e. The number of carbonyl (C=O) groups is 2. The summed E-state index contributed by atoms with van der Waals surface area (Å²) in [4.78, 5) is 26.3. The summed E-state index contributed by atoms with van der Waals surface area (Å²) < 4.78 is 1.65. The molecule has 1 saturated carbocycles. The monoisotopic (exact) mass is 262 g/mol. The molecule has 1 aliphatic heterocycles. The van der Waals surface area contributed by atoms with Crippen LogP contribution in [0.3, 0.4) is 0 Å². The molecule has 0 aromatic carbocycles. The largest absolute Gasteiger partial charge is 0.342 e. The van der Waals surface area contributed by atoms with Crippen molar-refractivity contribution >= 4 is 17.6 Å². The van der Waals surface area contributed by atoms with E-state index in [4.69, 9.17) is 0 Å². The molecule has 2 amide bonds. The molecule has 2 unspecified atom stereocenters. The molecule has 1 aromatic rings. The number of hydrogen-bond donors (Lipinski definition) is 1. The topological polar surface area (TPSA) is 67.2 Å². The standard InChI is InChI=1S/C13H18N4O2/c1-3-9-12(18)14-11(8-4-5-8)13(19)17(9)10-6-7-16(2)15-10/h6-9,11H,3-5H2,1-2H3,(H,14,18). The zero-order chi connectivity index (χ0) is 13.6. The molecule has 1 aliphatic carbocycles. The molecule has 0 bridgehead atoms. The minimum absolute atomic E-state index is 0.0207. The van der Waals surface area contributed by atoms with Crippen molar-refractivity contribution in [3.8, 4) is 0 Å². The Morgan fingerprint density at radius 2 is 2.16 bits per heavy atom. The van der Waals surface area contributed by atoms with Gasteiger partial charge in [-0.25, -0.2) is 0 Å². The van der Waals surface area contributed by atoms with Crippen molar-refractivity contribution in [2.24, 2.45) is 13.0 Å². The lowest BCUT2D eigenvalue weighted by molar-refractivity contribution is -0.134. The third-order valence-electron chi connectivity index (χ3n) is 3.84. The normalized spacial score (nSPS) is 27.6. The number of anilines is 1. The summed E-state index contributed by atoms with van der Waals surface area (Å²) in [6, 6.07) is 0.970. The van der Waals surface area contributed by atoms with Crippen molar-refractivity contribution in [3.63, 3.8) is 0 Å². The molecule has 2 aliphatic rings. The molecule has 2 atom stereocenters. The van der Waals surface area contributed by atoms with Gasteiger partial charge in [0.05, 0.1) is 0 Å². The predicted octanol–water partition coefficient (Wildman–Crippen LogP) is 0.440. The molecule has 19 heavy (non-hydrogen) atoms. The van der Waals surface area contributed by atoms with Gasteiger partial charge in [-0.05, 0) is 25.2 Å². The van der Waals surface area contributed by atoms with Gasteiger partial charge in [0.1, 0.15) is 12.1 Å². The second-order valence-electron chi connectivity index (χ2n) is 5.30. The fourth-order valence-electron chi connectivity index (χ4n) is 2.65. The zero-order valence-electron chi connectivity index (χ0n) is 11.2. The number of amides is 2. The Balaban J connectivity index is 1.95. The van der Waals surface area contributed by atoms with E-state index < -0.39 is 6.04 Å². The van der Waals surface area contributed by atoms with E-state index in [-0.39, 0.29) is 17.9 Å². The Hall–Kier alpha value is -1.85. The maximum Gasteiger partial charge on any atom is 0.251 e. The number of aromatic nitrogens is 2. The number of carbonyl (C=O) groups excluding carboxylic acids is 2. The Labute approximate surface area is 111 Å². The van der Waals surface area contributed by atoms with Gasteiger partial charge in [0.15, 0.2) is 5.82 Å². The summed E-state index contributed by atoms with van der Waals surface area (Å²) in [5.74, 6) is 0.789. The lowest BCUT2D eigenvalue weighted by atomic mass is 10.0. The second kappa shape index (κ2) is 4.36. The van der Waals surface area contributed by atoms with Gasteiger partial charge < -0.3 is 5.32 Å². The van der Waals surface area contributed by atoms with E-state index in [0.717, 1.165) is 12.8 Å². The molecular formula is C13H18N4O2. The van der Waals surface area contributed by atoms with E-state index in [2.05, 4.69) is 10.4 Å². The van der Waals surface area contributed by atoms with Crippen LogP contribution in [-0.2, 0) is 16.6 Å². The van der Waals surface area contributed by atoms with Gasteiger partial charge in [-0.2, -0.15) is 5.10 Å². The van der Waals surface area contributed by atoms with Gasteiger partial charge in [-0.15, -0.1) is 0 Å². The molecule has 0 spiro atoms. The summed E-state index contributed by atoms with van der Waals surface area (Å²) in [5, 5.41) is 7.14. The van der Waals surface area contributed by atoms with E-state index in [1.165, 1.54) is 0 Å². The molecule has 3 rings (SSSR count). The first-order valence-corrected chi connectivity index (χ1v) is 6.75. The molecule has 102 valence electrons. The van der Waals surface area contributed by atoms with Gasteiger partial charge in [-0.1, -0.05) is 6.92 Å². The first-order chi connectivity index (χ1) is 9.11. The molecule has 1 aromatic heterocycles. The summed E-state index contributed by atoms with van der Waals surface area (Å²) in [5.41, 5.74) is 0. The SMILES string of the molecule is CCC1C(=O)NC(C2CC2)C(=O)N1c1ccn(C)n1. The van der Waals surface area contributed by atoms with Crippen molar-refractivity contribution in [3.05, 3.63) is 12.3 Å². The maximum absolute atomic E-state index is 12.6. The molecule has 0 radical (unpaired) electrons. The Kier molecular flexibility index (Phi) is 2.80. The van der Waals surface area contributed by atoms with Crippen LogP contribution in [0, 0.1) is 5.92 Å². The molecule has 6 heteroatoms. The highest BCUT2D eigenvalue weighted by Gasteiger charge is 2.47. The summed E-state index contributed by atoms with van der Waals surface area (Å²) in [7, 11) is 1.80. The number of nitrogens with zero attached hydrogens (tertiary/aromatic N) is 3. The molecule has 1 saturated heterocycles. The predicted molar refractivity (Wildman–Crippen MR) is 69.4 cm³/mol. The average molecular weight is 262 g/mol. The van der Waals surface area contributed by atoms with Crippen LogP contribution in [0.1, 0.15) is 26.2 Å². The number of hydrogen-bond acceptors (Lipinski definition) is 3. The molecule has 2 fully saturated rings. The maximum atomic E-state index is 12.6. The van der Waals surface area contributed by atoms with Crippen LogP contribution < -0.4 is 10.2 Å². The molecule has 2 heterocycles. The third kappa shape index (κ3) is 2.01. The van der Waals surface area contributed by atoms with Gasteiger partial charge in [0.25, 0.3) is 5.91 Å².